The van der Waals surface area contributed by atoms with Gasteiger partial charge in [-0.2, -0.15) is 4.98 Å². The van der Waals surface area contributed by atoms with Gasteiger partial charge < -0.3 is 9.84 Å². The SMILES string of the molecule is Cc1ccc(-c2noc(C(C)NC(=O)CC(C)C)n2)cc1Cl. The summed E-state index contributed by atoms with van der Waals surface area (Å²) in [6.07, 6.45) is 0.471. The molecule has 118 valence electrons. The molecule has 5 nitrogen and oxygen atoms in total. The first kappa shape index (κ1) is 16.5. The van der Waals surface area contributed by atoms with E-state index in [9.17, 15) is 4.79 Å². The van der Waals surface area contributed by atoms with Crippen molar-refractivity contribution in [3.8, 4) is 11.4 Å². The highest BCUT2D eigenvalue weighted by molar-refractivity contribution is 6.31. The lowest BCUT2D eigenvalue weighted by Gasteiger charge is -2.10. The normalized spacial score (nSPS) is 12.5. The molecule has 22 heavy (non-hydrogen) atoms. The zero-order valence-corrected chi connectivity index (χ0v) is 13.9. The number of hydrogen-bond donors (Lipinski definition) is 1. The van der Waals surface area contributed by atoms with Crippen molar-refractivity contribution in [1.82, 2.24) is 15.5 Å². The zero-order chi connectivity index (χ0) is 16.3. The average Bonchev–Trinajstić information content (AvgIpc) is 2.90. The monoisotopic (exact) mass is 321 g/mol. The first-order valence-electron chi connectivity index (χ1n) is 7.26. The lowest BCUT2D eigenvalue weighted by Crippen LogP contribution is -2.27. The second kappa shape index (κ2) is 6.92. The second-order valence-electron chi connectivity index (χ2n) is 5.81. The number of amides is 1. The molecule has 1 atom stereocenters. The minimum atomic E-state index is -0.326. The quantitative estimate of drug-likeness (QED) is 0.906. The Bertz CT molecular complexity index is 667. The summed E-state index contributed by atoms with van der Waals surface area (Å²) in [5, 5.41) is 7.46. The van der Waals surface area contributed by atoms with Gasteiger partial charge in [-0.15, -0.1) is 0 Å². The highest BCUT2D eigenvalue weighted by Gasteiger charge is 2.18. The maximum atomic E-state index is 11.8. The molecule has 0 saturated heterocycles. The molecule has 0 aliphatic rings. The van der Waals surface area contributed by atoms with Gasteiger partial charge in [-0.1, -0.05) is 42.7 Å². The molecule has 0 aliphatic heterocycles. The lowest BCUT2D eigenvalue weighted by molar-refractivity contribution is -0.122. The molecule has 0 saturated carbocycles. The number of carbonyl (C=O) groups excluding carboxylic acids is 1. The van der Waals surface area contributed by atoms with Crippen molar-refractivity contribution in [2.24, 2.45) is 5.92 Å². The molecule has 0 aliphatic carbocycles. The summed E-state index contributed by atoms with van der Waals surface area (Å²) in [6, 6.07) is 5.26. The Kier molecular flexibility index (Phi) is 5.19. The molecule has 0 radical (unpaired) electrons. The predicted molar refractivity (Wildman–Crippen MR) is 85.5 cm³/mol. The highest BCUT2D eigenvalue weighted by atomic mass is 35.5. The van der Waals surface area contributed by atoms with Crippen molar-refractivity contribution >= 4 is 17.5 Å². The number of aryl methyl sites for hydroxylation is 1. The molecule has 1 N–H and O–H groups in total. The van der Waals surface area contributed by atoms with Crippen LogP contribution in [0.2, 0.25) is 5.02 Å². The van der Waals surface area contributed by atoms with Crippen LogP contribution in [0, 0.1) is 12.8 Å². The van der Waals surface area contributed by atoms with Gasteiger partial charge in [0, 0.05) is 17.0 Å². The van der Waals surface area contributed by atoms with E-state index in [0.717, 1.165) is 11.1 Å². The van der Waals surface area contributed by atoms with Crippen LogP contribution in [0.1, 0.15) is 44.7 Å². The zero-order valence-electron chi connectivity index (χ0n) is 13.2. The van der Waals surface area contributed by atoms with Crippen LogP contribution in [0.25, 0.3) is 11.4 Å². The molecular weight excluding hydrogens is 302 g/mol. The lowest BCUT2D eigenvalue weighted by atomic mass is 10.1. The van der Waals surface area contributed by atoms with Crippen LogP contribution >= 0.6 is 11.6 Å². The first-order valence-corrected chi connectivity index (χ1v) is 7.64. The third-order valence-corrected chi connectivity index (χ3v) is 3.62. The van der Waals surface area contributed by atoms with E-state index in [-0.39, 0.29) is 11.9 Å². The van der Waals surface area contributed by atoms with Crippen LogP contribution in [0.15, 0.2) is 22.7 Å². The van der Waals surface area contributed by atoms with Gasteiger partial charge >= 0.3 is 0 Å². The van der Waals surface area contributed by atoms with Crippen LogP contribution < -0.4 is 5.32 Å². The smallest absolute Gasteiger partial charge is 0.249 e. The molecule has 1 amide bonds. The van der Waals surface area contributed by atoms with E-state index in [0.29, 0.717) is 29.1 Å². The number of nitrogens with zero attached hydrogens (tertiary/aromatic N) is 2. The number of benzene rings is 1. The molecule has 6 heteroatoms. The van der Waals surface area contributed by atoms with Crippen molar-refractivity contribution < 1.29 is 9.32 Å². The second-order valence-corrected chi connectivity index (χ2v) is 6.21. The topological polar surface area (TPSA) is 68.0 Å². The van der Waals surface area contributed by atoms with Crippen LogP contribution in [0.5, 0.6) is 0 Å². The maximum absolute atomic E-state index is 11.8. The average molecular weight is 322 g/mol. The Labute approximate surface area is 135 Å². The summed E-state index contributed by atoms with van der Waals surface area (Å²) >= 11 is 6.11. The number of halogens is 1. The highest BCUT2D eigenvalue weighted by Crippen LogP contribution is 2.24. The van der Waals surface area contributed by atoms with Crippen molar-refractivity contribution in [2.45, 2.75) is 40.2 Å². The Morgan fingerprint density at radius 2 is 2.09 bits per heavy atom. The molecule has 2 aromatic rings. The van der Waals surface area contributed by atoms with Crippen LogP contribution in [0.4, 0.5) is 0 Å². The fourth-order valence-electron chi connectivity index (χ4n) is 1.99. The summed E-state index contributed by atoms with van der Waals surface area (Å²) < 4.78 is 5.24. The number of carbonyl (C=O) groups is 1. The van der Waals surface area contributed by atoms with Gasteiger partial charge in [0.2, 0.25) is 17.6 Å². The third kappa shape index (κ3) is 4.07. The van der Waals surface area contributed by atoms with Gasteiger partial charge in [0.25, 0.3) is 0 Å². The number of rotatable bonds is 5. The molecule has 1 aromatic heterocycles. The van der Waals surface area contributed by atoms with Gasteiger partial charge in [0.15, 0.2) is 0 Å². The maximum Gasteiger partial charge on any atom is 0.249 e. The van der Waals surface area contributed by atoms with Crippen LogP contribution in [0.3, 0.4) is 0 Å². The first-order chi connectivity index (χ1) is 10.4. The van der Waals surface area contributed by atoms with E-state index >= 15 is 0 Å². The Morgan fingerprint density at radius 3 is 2.73 bits per heavy atom. The Morgan fingerprint density at radius 1 is 1.36 bits per heavy atom. The van der Waals surface area contributed by atoms with E-state index in [1.165, 1.54) is 0 Å². The number of aromatic nitrogens is 2. The molecule has 0 spiro atoms. The van der Waals surface area contributed by atoms with Crippen LogP contribution in [-0.4, -0.2) is 16.0 Å². The third-order valence-electron chi connectivity index (χ3n) is 3.21. The summed E-state index contributed by atoms with van der Waals surface area (Å²) in [7, 11) is 0. The summed E-state index contributed by atoms with van der Waals surface area (Å²) in [6.45, 7) is 7.74. The largest absolute Gasteiger partial charge is 0.345 e. The molecular formula is C16H20ClN3O2. The summed E-state index contributed by atoms with van der Waals surface area (Å²) in [4.78, 5) is 16.1. The van der Waals surface area contributed by atoms with Crippen molar-refractivity contribution in [3.05, 3.63) is 34.7 Å². The molecule has 0 fully saturated rings. The summed E-state index contributed by atoms with van der Waals surface area (Å²) in [5.74, 6) is 1.12. The van der Waals surface area contributed by atoms with Gasteiger partial charge in [-0.25, -0.2) is 0 Å². The fraction of sp³-hybridized carbons (Fsp3) is 0.438. The Hall–Kier alpha value is -1.88. The van der Waals surface area contributed by atoms with Crippen molar-refractivity contribution in [1.29, 1.82) is 0 Å². The van der Waals surface area contributed by atoms with Crippen molar-refractivity contribution in [3.63, 3.8) is 0 Å². The van der Waals surface area contributed by atoms with E-state index in [4.69, 9.17) is 16.1 Å². The number of nitrogens with one attached hydrogen (secondary N) is 1. The van der Waals surface area contributed by atoms with Gasteiger partial charge in [0.1, 0.15) is 6.04 Å². The molecule has 2 rings (SSSR count). The van der Waals surface area contributed by atoms with E-state index in [2.05, 4.69) is 15.5 Å². The van der Waals surface area contributed by atoms with E-state index < -0.39 is 0 Å². The van der Waals surface area contributed by atoms with Gasteiger partial charge in [0.05, 0.1) is 0 Å². The van der Waals surface area contributed by atoms with E-state index in [1.54, 1.807) is 6.07 Å². The van der Waals surface area contributed by atoms with Gasteiger partial charge in [-0.3, -0.25) is 4.79 Å². The Balaban J connectivity index is 2.10. The molecule has 1 heterocycles. The number of hydrogen-bond acceptors (Lipinski definition) is 4. The molecule has 1 aromatic carbocycles. The molecule has 0 bridgehead atoms. The van der Waals surface area contributed by atoms with Gasteiger partial charge in [-0.05, 0) is 31.4 Å². The standard InChI is InChI=1S/C16H20ClN3O2/c1-9(2)7-14(21)18-11(4)16-19-15(20-22-16)12-6-5-10(3)13(17)8-12/h5-6,8-9,11H,7H2,1-4H3,(H,18,21). The van der Waals surface area contributed by atoms with Crippen LogP contribution in [-0.2, 0) is 4.79 Å². The molecule has 1 unspecified atom stereocenters. The minimum absolute atomic E-state index is 0.0272. The minimum Gasteiger partial charge on any atom is -0.345 e. The van der Waals surface area contributed by atoms with Crippen molar-refractivity contribution in [2.75, 3.05) is 0 Å². The summed E-state index contributed by atoms with van der Waals surface area (Å²) in [5.41, 5.74) is 1.77. The predicted octanol–water partition coefficient (Wildman–Crippen LogP) is 3.92. The van der Waals surface area contributed by atoms with E-state index in [1.807, 2.05) is 39.8 Å². The fourth-order valence-corrected chi connectivity index (χ4v) is 2.17.